The summed E-state index contributed by atoms with van der Waals surface area (Å²) in [7, 11) is 1.60. The van der Waals surface area contributed by atoms with Gasteiger partial charge in [-0.2, -0.15) is 0 Å². The van der Waals surface area contributed by atoms with Crippen molar-refractivity contribution in [3.8, 4) is 11.5 Å². The third kappa shape index (κ3) is 5.79. The van der Waals surface area contributed by atoms with Gasteiger partial charge in [0, 0.05) is 16.1 Å². The van der Waals surface area contributed by atoms with Crippen molar-refractivity contribution in [3.63, 3.8) is 0 Å². The largest absolute Gasteiger partial charge is 0.496 e. The highest BCUT2D eigenvalue weighted by Gasteiger charge is 2.01. The predicted octanol–water partition coefficient (Wildman–Crippen LogP) is 3.67. The second-order valence-corrected chi connectivity index (χ2v) is 5.59. The van der Waals surface area contributed by atoms with E-state index in [0.717, 1.165) is 15.8 Å². The highest BCUT2D eigenvalue weighted by Crippen LogP contribution is 2.23. The van der Waals surface area contributed by atoms with Crippen molar-refractivity contribution >= 4 is 27.9 Å². The molecule has 0 spiro atoms. The fourth-order valence-electron chi connectivity index (χ4n) is 1.92. The second-order valence-electron chi connectivity index (χ2n) is 4.67. The molecule has 2 aromatic rings. The van der Waals surface area contributed by atoms with E-state index in [2.05, 4.69) is 21.2 Å². The lowest BCUT2D eigenvalue weighted by Gasteiger charge is -2.06. The molecule has 120 valence electrons. The number of hydrogen-bond donors (Lipinski definition) is 1. The van der Waals surface area contributed by atoms with Crippen LogP contribution in [0.5, 0.6) is 11.5 Å². The van der Waals surface area contributed by atoms with Crippen LogP contribution in [0.3, 0.4) is 0 Å². The molecule has 0 bridgehead atoms. The monoisotopic (exact) mass is 375 g/mol. The maximum atomic E-state index is 11.8. The van der Waals surface area contributed by atoms with Crippen LogP contribution in [0.2, 0.25) is 0 Å². The van der Waals surface area contributed by atoms with Crippen molar-refractivity contribution in [1.82, 2.24) is 5.32 Å². The Morgan fingerprint density at radius 2 is 2.00 bits per heavy atom. The van der Waals surface area contributed by atoms with Gasteiger partial charge in [-0.05, 0) is 36.4 Å². The van der Waals surface area contributed by atoms with E-state index in [1.165, 1.54) is 6.08 Å². The number of nitrogens with one attached hydrogen (secondary N) is 1. The first-order valence-electron chi connectivity index (χ1n) is 7.16. The fourth-order valence-corrected chi connectivity index (χ4v) is 2.30. The van der Waals surface area contributed by atoms with Crippen molar-refractivity contribution in [2.24, 2.45) is 0 Å². The molecule has 4 nitrogen and oxygen atoms in total. The standard InChI is InChI=1S/C18H18BrNO3/c1-22-17-9-8-15(19)13-14(17)7-10-18(21)20-11-12-23-16-5-3-2-4-6-16/h2-10,13H,11-12H2,1H3,(H,20,21). The first kappa shape index (κ1) is 17.1. The number of amides is 1. The first-order valence-corrected chi connectivity index (χ1v) is 7.95. The Morgan fingerprint density at radius 3 is 2.74 bits per heavy atom. The van der Waals surface area contributed by atoms with Crippen LogP contribution in [0.1, 0.15) is 5.56 Å². The minimum absolute atomic E-state index is 0.177. The molecule has 0 saturated heterocycles. The van der Waals surface area contributed by atoms with E-state index in [9.17, 15) is 4.79 Å². The van der Waals surface area contributed by atoms with Crippen LogP contribution in [-0.4, -0.2) is 26.2 Å². The summed E-state index contributed by atoms with van der Waals surface area (Å²) in [5, 5.41) is 2.77. The molecule has 1 amide bonds. The van der Waals surface area contributed by atoms with Crippen LogP contribution < -0.4 is 14.8 Å². The van der Waals surface area contributed by atoms with Gasteiger partial charge >= 0.3 is 0 Å². The number of carbonyl (C=O) groups excluding carboxylic acids is 1. The zero-order valence-corrected chi connectivity index (χ0v) is 14.4. The lowest BCUT2D eigenvalue weighted by molar-refractivity contribution is -0.116. The summed E-state index contributed by atoms with van der Waals surface area (Å²) < 4.78 is 11.7. The third-order valence-electron chi connectivity index (χ3n) is 3.02. The molecule has 0 unspecified atom stereocenters. The van der Waals surface area contributed by atoms with Crippen molar-refractivity contribution in [3.05, 3.63) is 64.6 Å². The average Bonchev–Trinajstić information content (AvgIpc) is 2.58. The molecule has 2 rings (SSSR count). The Balaban J connectivity index is 1.79. The zero-order chi connectivity index (χ0) is 16.5. The van der Waals surface area contributed by atoms with Gasteiger partial charge in [-0.15, -0.1) is 0 Å². The molecule has 5 heteroatoms. The summed E-state index contributed by atoms with van der Waals surface area (Å²) in [5.41, 5.74) is 0.831. The predicted molar refractivity (Wildman–Crippen MR) is 94.7 cm³/mol. The molecule has 0 aliphatic rings. The smallest absolute Gasteiger partial charge is 0.244 e. The molecule has 0 radical (unpaired) electrons. The van der Waals surface area contributed by atoms with E-state index >= 15 is 0 Å². The van der Waals surface area contributed by atoms with Crippen LogP contribution >= 0.6 is 15.9 Å². The quantitative estimate of drug-likeness (QED) is 0.593. The van der Waals surface area contributed by atoms with Crippen LogP contribution in [0.4, 0.5) is 0 Å². The molecule has 0 aliphatic carbocycles. The number of benzene rings is 2. The lowest BCUT2D eigenvalue weighted by Crippen LogP contribution is -2.26. The number of hydrogen-bond acceptors (Lipinski definition) is 3. The Kier molecular flexibility index (Phi) is 6.69. The van der Waals surface area contributed by atoms with Crippen LogP contribution in [0.25, 0.3) is 6.08 Å². The van der Waals surface area contributed by atoms with E-state index in [1.54, 1.807) is 13.2 Å². The van der Waals surface area contributed by atoms with Gasteiger partial charge in [0.1, 0.15) is 18.1 Å². The van der Waals surface area contributed by atoms with Crippen molar-refractivity contribution in [1.29, 1.82) is 0 Å². The lowest BCUT2D eigenvalue weighted by atomic mass is 10.2. The Bertz CT molecular complexity index is 671. The molecule has 1 N–H and O–H groups in total. The maximum absolute atomic E-state index is 11.8. The van der Waals surface area contributed by atoms with Gasteiger partial charge in [0.05, 0.1) is 13.7 Å². The van der Waals surface area contributed by atoms with E-state index in [1.807, 2.05) is 48.5 Å². The topological polar surface area (TPSA) is 47.6 Å². The van der Waals surface area contributed by atoms with Crippen LogP contribution in [0.15, 0.2) is 59.1 Å². The van der Waals surface area contributed by atoms with Gasteiger partial charge in [0.25, 0.3) is 0 Å². The van der Waals surface area contributed by atoms with Gasteiger partial charge in [0.15, 0.2) is 0 Å². The molecule has 0 saturated carbocycles. The highest BCUT2D eigenvalue weighted by molar-refractivity contribution is 9.10. The number of ether oxygens (including phenoxy) is 2. The first-order chi connectivity index (χ1) is 11.2. The Labute approximate surface area is 144 Å². The summed E-state index contributed by atoms with van der Waals surface area (Å²) in [6.07, 6.45) is 3.20. The molecule has 0 heterocycles. The molecule has 0 aliphatic heterocycles. The SMILES string of the molecule is COc1ccc(Br)cc1C=CC(=O)NCCOc1ccccc1. The minimum atomic E-state index is -0.177. The third-order valence-corrected chi connectivity index (χ3v) is 3.51. The summed E-state index contributed by atoms with van der Waals surface area (Å²) in [6, 6.07) is 15.1. The number of halogens is 1. The number of methoxy groups -OCH3 is 1. The minimum Gasteiger partial charge on any atom is -0.496 e. The highest BCUT2D eigenvalue weighted by atomic mass is 79.9. The normalized spacial score (nSPS) is 10.5. The van der Waals surface area contributed by atoms with Crippen molar-refractivity contribution in [2.75, 3.05) is 20.3 Å². The maximum Gasteiger partial charge on any atom is 0.244 e. The van der Waals surface area contributed by atoms with Crippen LogP contribution in [0, 0.1) is 0 Å². The molecule has 0 atom stereocenters. The van der Waals surface area contributed by atoms with E-state index < -0.39 is 0 Å². The summed E-state index contributed by atoms with van der Waals surface area (Å²) in [5.74, 6) is 1.32. The van der Waals surface area contributed by atoms with Crippen LogP contribution in [-0.2, 0) is 4.79 Å². The molecule has 2 aromatic carbocycles. The van der Waals surface area contributed by atoms with Crippen molar-refractivity contribution < 1.29 is 14.3 Å². The average molecular weight is 376 g/mol. The zero-order valence-electron chi connectivity index (χ0n) is 12.8. The Morgan fingerprint density at radius 1 is 1.22 bits per heavy atom. The van der Waals surface area contributed by atoms with Gasteiger partial charge in [-0.3, -0.25) is 4.79 Å². The molecular formula is C18H18BrNO3. The number of rotatable bonds is 7. The van der Waals surface area contributed by atoms with Gasteiger partial charge < -0.3 is 14.8 Å². The summed E-state index contributed by atoms with van der Waals surface area (Å²) in [4.78, 5) is 11.8. The van der Waals surface area contributed by atoms with Gasteiger partial charge in [-0.1, -0.05) is 34.1 Å². The molecule has 0 aromatic heterocycles. The van der Waals surface area contributed by atoms with Gasteiger partial charge in [0.2, 0.25) is 5.91 Å². The fraction of sp³-hybridized carbons (Fsp3) is 0.167. The Hall–Kier alpha value is -2.27. The van der Waals surface area contributed by atoms with E-state index in [0.29, 0.717) is 18.9 Å². The number of carbonyl (C=O) groups is 1. The van der Waals surface area contributed by atoms with E-state index in [-0.39, 0.29) is 5.91 Å². The van der Waals surface area contributed by atoms with E-state index in [4.69, 9.17) is 9.47 Å². The molecule has 0 fully saturated rings. The summed E-state index contributed by atoms with van der Waals surface area (Å²) in [6.45, 7) is 0.859. The van der Waals surface area contributed by atoms with Crippen molar-refractivity contribution in [2.45, 2.75) is 0 Å². The molecular weight excluding hydrogens is 358 g/mol. The molecule has 23 heavy (non-hydrogen) atoms. The van der Waals surface area contributed by atoms with Gasteiger partial charge in [-0.25, -0.2) is 0 Å². The summed E-state index contributed by atoms with van der Waals surface area (Å²) >= 11 is 3.40. The number of para-hydroxylation sites is 1. The second kappa shape index (κ2) is 9.00.